The van der Waals surface area contributed by atoms with Crippen molar-refractivity contribution < 1.29 is 14.7 Å². The minimum absolute atomic E-state index is 0.153. The van der Waals surface area contributed by atoms with Crippen LogP contribution in [0.25, 0.3) is 16.7 Å². The number of H-pyrrole nitrogens is 1. The van der Waals surface area contributed by atoms with Crippen molar-refractivity contribution in [3.8, 4) is 0 Å². The second-order valence-electron chi connectivity index (χ2n) is 5.87. The number of carbonyl (C=O) groups excluding carboxylic acids is 1. The van der Waals surface area contributed by atoms with Crippen LogP contribution < -0.4 is 5.32 Å². The molecule has 7 nitrogen and oxygen atoms in total. The minimum atomic E-state index is -0.961. The molecule has 7 heteroatoms. The summed E-state index contributed by atoms with van der Waals surface area (Å²) in [6.07, 6.45) is -0.153. The molecule has 0 bridgehead atoms. The molecule has 0 aliphatic carbocycles. The molecule has 1 aromatic carbocycles. The van der Waals surface area contributed by atoms with Crippen LogP contribution in [0, 0.1) is 0 Å². The maximum Gasteiger partial charge on any atom is 0.305 e. The molecule has 22 heavy (non-hydrogen) atoms. The van der Waals surface area contributed by atoms with Gasteiger partial charge in [0.1, 0.15) is 5.69 Å². The van der Waals surface area contributed by atoms with Crippen molar-refractivity contribution in [1.82, 2.24) is 19.9 Å². The highest BCUT2D eigenvalue weighted by molar-refractivity contribution is 5.95. The van der Waals surface area contributed by atoms with Gasteiger partial charge in [-0.1, -0.05) is 12.1 Å². The van der Waals surface area contributed by atoms with Crippen molar-refractivity contribution >= 4 is 28.6 Å². The van der Waals surface area contributed by atoms with Crippen molar-refractivity contribution in [1.29, 1.82) is 0 Å². The number of aromatic amines is 1. The van der Waals surface area contributed by atoms with Gasteiger partial charge in [0.25, 0.3) is 5.91 Å². The summed E-state index contributed by atoms with van der Waals surface area (Å²) >= 11 is 0. The van der Waals surface area contributed by atoms with Crippen LogP contribution in [0.1, 0.15) is 30.8 Å². The summed E-state index contributed by atoms with van der Waals surface area (Å²) in [4.78, 5) is 27.5. The maximum atomic E-state index is 12.3. The van der Waals surface area contributed by atoms with Gasteiger partial charge in [0.05, 0.1) is 17.5 Å². The molecule has 3 rings (SSSR count). The number of carboxylic acid groups (broad SMARTS) is 1. The van der Waals surface area contributed by atoms with E-state index in [0.29, 0.717) is 11.3 Å². The summed E-state index contributed by atoms with van der Waals surface area (Å²) < 4.78 is 1.73. The summed E-state index contributed by atoms with van der Waals surface area (Å²) in [5.74, 6) is -1.32. The molecule has 0 aliphatic heterocycles. The lowest BCUT2D eigenvalue weighted by atomic mass is 10.0. The van der Waals surface area contributed by atoms with E-state index in [1.165, 1.54) is 0 Å². The number of aromatic nitrogens is 3. The van der Waals surface area contributed by atoms with Crippen molar-refractivity contribution in [2.75, 3.05) is 0 Å². The number of imidazole rings is 1. The third kappa shape index (κ3) is 2.52. The number of para-hydroxylation sites is 2. The average molecular weight is 300 g/mol. The highest BCUT2D eigenvalue weighted by atomic mass is 16.4. The summed E-state index contributed by atoms with van der Waals surface area (Å²) in [5, 5.41) is 14.6. The first-order valence-corrected chi connectivity index (χ1v) is 6.86. The van der Waals surface area contributed by atoms with Gasteiger partial charge < -0.3 is 10.4 Å². The number of benzene rings is 1. The first-order valence-electron chi connectivity index (χ1n) is 6.86. The second-order valence-corrected chi connectivity index (χ2v) is 5.87. The molecular weight excluding hydrogens is 284 g/mol. The van der Waals surface area contributed by atoms with Crippen LogP contribution in [-0.2, 0) is 4.79 Å². The molecule has 0 atom stereocenters. The van der Waals surface area contributed by atoms with Gasteiger partial charge in [-0.3, -0.25) is 14.7 Å². The van der Waals surface area contributed by atoms with E-state index in [0.717, 1.165) is 11.0 Å². The van der Waals surface area contributed by atoms with E-state index in [2.05, 4.69) is 15.4 Å². The Bertz CT molecular complexity index is 875. The average Bonchev–Trinajstić information content (AvgIpc) is 2.93. The lowest BCUT2D eigenvalue weighted by Gasteiger charge is -2.23. The number of nitrogens with zero attached hydrogens (tertiary/aromatic N) is 2. The number of hydrogen-bond donors (Lipinski definition) is 3. The normalized spacial score (nSPS) is 11.9. The molecule has 0 aliphatic rings. The monoisotopic (exact) mass is 300 g/mol. The van der Waals surface area contributed by atoms with E-state index in [4.69, 9.17) is 5.11 Å². The molecule has 114 valence electrons. The predicted octanol–water partition coefficient (Wildman–Crippen LogP) is 1.80. The molecule has 3 aromatic rings. The Hall–Kier alpha value is -2.83. The number of carboxylic acids is 1. The second kappa shape index (κ2) is 4.87. The molecule has 3 N–H and O–H groups in total. The van der Waals surface area contributed by atoms with Gasteiger partial charge in [-0.05, 0) is 26.0 Å². The van der Waals surface area contributed by atoms with Gasteiger partial charge >= 0.3 is 5.97 Å². The number of hydrogen-bond acceptors (Lipinski definition) is 3. The van der Waals surface area contributed by atoms with Crippen LogP contribution in [0.15, 0.2) is 30.3 Å². The Morgan fingerprint density at radius 3 is 2.82 bits per heavy atom. The summed E-state index contributed by atoms with van der Waals surface area (Å²) in [7, 11) is 0. The number of amides is 1. The van der Waals surface area contributed by atoms with Crippen LogP contribution in [0.5, 0.6) is 0 Å². The van der Waals surface area contributed by atoms with Crippen molar-refractivity contribution in [2.24, 2.45) is 0 Å². The third-order valence-electron chi connectivity index (χ3n) is 3.38. The van der Waals surface area contributed by atoms with Gasteiger partial charge in [-0.25, -0.2) is 9.50 Å². The molecule has 0 radical (unpaired) electrons. The fraction of sp³-hybridized carbons (Fsp3) is 0.267. The molecule has 2 heterocycles. The molecule has 0 saturated heterocycles. The third-order valence-corrected chi connectivity index (χ3v) is 3.38. The SMILES string of the molecule is CC(C)(CC(=O)O)NC(=O)c1cc2nc3ccccc3n2[nH]1. The Morgan fingerprint density at radius 1 is 1.36 bits per heavy atom. The maximum absolute atomic E-state index is 12.3. The van der Waals surface area contributed by atoms with E-state index in [1.807, 2.05) is 24.3 Å². The van der Waals surface area contributed by atoms with E-state index < -0.39 is 11.5 Å². The highest BCUT2D eigenvalue weighted by Gasteiger charge is 2.25. The van der Waals surface area contributed by atoms with Crippen molar-refractivity contribution in [2.45, 2.75) is 25.8 Å². The minimum Gasteiger partial charge on any atom is -0.481 e. The molecule has 1 amide bonds. The molecule has 0 spiro atoms. The zero-order chi connectivity index (χ0) is 15.9. The summed E-state index contributed by atoms with van der Waals surface area (Å²) in [6, 6.07) is 9.24. The summed E-state index contributed by atoms with van der Waals surface area (Å²) in [5.41, 5.74) is 1.86. The van der Waals surface area contributed by atoms with E-state index in [9.17, 15) is 9.59 Å². The number of rotatable bonds is 4. The van der Waals surface area contributed by atoms with Crippen molar-refractivity contribution in [3.63, 3.8) is 0 Å². The molecule has 2 aromatic heterocycles. The number of fused-ring (bicyclic) bond motifs is 3. The predicted molar refractivity (Wildman–Crippen MR) is 80.8 cm³/mol. The topological polar surface area (TPSA) is 99.5 Å². The Kier molecular flexibility index (Phi) is 3.13. The highest BCUT2D eigenvalue weighted by Crippen LogP contribution is 2.17. The van der Waals surface area contributed by atoms with Crippen LogP contribution >= 0.6 is 0 Å². The van der Waals surface area contributed by atoms with Crippen LogP contribution in [0.3, 0.4) is 0 Å². The fourth-order valence-corrected chi connectivity index (χ4v) is 2.45. The molecule has 0 saturated carbocycles. The van der Waals surface area contributed by atoms with Gasteiger partial charge in [-0.15, -0.1) is 0 Å². The molecular formula is C15H16N4O3. The smallest absolute Gasteiger partial charge is 0.305 e. The lowest BCUT2D eigenvalue weighted by molar-refractivity contribution is -0.138. The zero-order valence-electron chi connectivity index (χ0n) is 12.3. The number of carbonyl (C=O) groups is 2. The first kappa shape index (κ1) is 14.1. The van der Waals surface area contributed by atoms with Crippen molar-refractivity contribution in [3.05, 3.63) is 36.0 Å². The van der Waals surface area contributed by atoms with Crippen LogP contribution in [0.4, 0.5) is 0 Å². The quantitative estimate of drug-likeness (QED) is 0.684. The largest absolute Gasteiger partial charge is 0.481 e. The van der Waals surface area contributed by atoms with Gasteiger partial charge in [0.2, 0.25) is 0 Å². The van der Waals surface area contributed by atoms with E-state index in [-0.39, 0.29) is 12.3 Å². The van der Waals surface area contributed by atoms with E-state index in [1.54, 1.807) is 24.4 Å². The first-order chi connectivity index (χ1) is 10.4. The Morgan fingerprint density at radius 2 is 2.09 bits per heavy atom. The molecule has 0 unspecified atom stereocenters. The lowest BCUT2D eigenvalue weighted by Crippen LogP contribution is -2.45. The standard InChI is InChI=1S/C15H16N4O3/c1-15(2,8-13(20)21)17-14(22)10-7-12-16-9-5-3-4-6-11(9)19(12)18-10/h3-7,18H,8H2,1-2H3,(H,17,22)(H,20,21). The van der Waals surface area contributed by atoms with Gasteiger partial charge in [0, 0.05) is 11.6 Å². The fourth-order valence-electron chi connectivity index (χ4n) is 2.45. The van der Waals surface area contributed by atoms with Gasteiger partial charge in [-0.2, -0.15) is 0 Å². The molecule has 0 fully saturated rings. The zero-order valence-corrected chi connectivity index (χ0v) is 12.3. The van der Waals surface area contributed by atoms with Gasteiger partial charge in [0.15, 0.2) is 5.65 Å². The van der Waals surface area contributed by atoms with E-state index >= 15 is 0 Å². The van der Waals surface area contributed by atoms with Crippen LogP contribution in [-0.4, -0.2) is 37.1 Å². The Labute approximate surface area is 125 Å². The number of aliphatic carboxylic acids is 1. The number of nitrogens with one attached hydrogen (secondary N) is 2. The van der Waals surface area contributed by atoms with Crippen LogP contribution in [0.2, 0.25) is 0 Å². The Balaban J connectivity index is 1.90. The summed E-state index contributed by atoms with van der Waals surface area (Å²) in [6.45, 7) is 3.34.